The molecule has 0 bridgehead atoms. The minimum Gasteiger partial charge on any atom is -0.466 e. The topological polar surface area (TPSA) is 131 Å². The molecule has 0 radical (unpaired) electrons. The molecule has 0 saturated heterocycles. The first-order chi connectivity index (χ1) is 15.9. The Bertz CT molecular complexity index is 1370. The van der Waals surface area contributed by atoms with E-state index >= 15 is 0 Å². The molecule has 2 heterocycles. The monoisotopic (exact) mass is 461 g/mol. The lowest BCUT2D eigenvalue weighted by Gasteiger charge is -2.36. The lowest BCUT2D eigenvalue weighted by Crippen LogP contribution is -2.41. The van der Waals surface area contributed by atoms with Gasteiger partial charge in [0.1, 0.15) is 22.6 Å². The van der Waals surface area contributed by atoms with Gasteiger partial charge in [0.2, 0.25) is 0 Å². The fourth-order valence-corrected chi connectivity index (χ4v) is 4.44. The number of benzene rings is 2. The molecule has 2 aromatic carbocycles. The largest absolute Gasteiger partial charge is 0.466 e. The predicted molar refractivity (Wildman–Crippen MR) is 122 cm³/mol. The summed E-state index contributed by atoms with van der Waals surface area (Å²) in [7, 11) is 2.42. The standard InChI is InChI=1S/C23H19N5O4S/c1-12-9-15-16(27-33-26-15)10-17(12)28-20(23(30)32-3)19(22(29)31-2)18(14(11-24)21(28)25)13-7-5-4-6-8-13/h4-10,18H,25H2,1-3H3. The van der Waals surface area contributed by atoms with Crippen LogP contribution >= 0.6 is 11.7 Å². The molecule has 3 aromatic rings. The molecule has 1 aliphatic rings. The summed E-state index contributed by atoms with van der Waals surface area (Å²) in [6.45, 7) is 1.81. The number of methoxy groups -OCH3 is 2. The average molecular weight is 462 g/mol. The highest BCUT2D eigenvalue weighted by molar-refractivity contribution is 7.00. The summed E-state index contributed by atoms with van der Waals surface area (Å²) < 4.78 is 18.6. The first kappa shape index (κ1) is 22.0. The molecule has 0 aliphatic carbocycles. The number of nitrogens with zero attached hydrogens (tertiary/aromatic N) is 4. The minimum atomic E-state index is -0.918. The number of nitrogens with two attached hydrogens (primary N) is 1. The Hall–Kier alpha value is -4.23. The van der Waals surface area contributed by atoms with E-state index in [-0.39, 0.29) is 22.7 Å². The SMILES string of the molecule is COC(=O)C1=C(C(=O)OC)N(c2cc3nsnc3cc2C)C(N)=C(C#N)C1c1ccccc1. The third-order valence-corrected chi connectivity index (χ3v) is 5.98. The maximum atomic E-state index is 13.1. The van der Waals surface area contributed by atoms with Crippen LogP contribution in [0.1, 0.15) is 17.0 Å². The first-order valence-corrected chi connectivity index (χ1v) is 10.5. The molecule has 2 N–H and O–H groups in total. The fourth-order valence-electron chi connectivity index (χ4n) is 3.93. The van der Waals surface area contributed by atoms with Gasteiger partial charge in [-0.25, -0.2) is 9.59 Å². The highest BCUT2D eigenvalue weighted by Gasteiger charge is 2.43. The van der Waals surface area contributed by atoms with Gasteiger partial charge in [-0.3, -0.25) is 4.90 Å². The van der Waals surface area contributed by atoms with Crippen molar-refractivity contribution in [2.75, 3.05) is 19.1 Å². The number of allylic oxidation sites excluding steroid dienone is 1. The van der Waals surface area contributed by atoms with E-state index in [1.807, 2.05) is 6.92 Å². The molecule has 1 atom stereocenters. The normalized spacial score (nSPS) is 16.1. The molecule has 1 aromatic heterocycles. The Morgan fingerprint density at radius 3 is 2.33 bits per heavy atom. The molecule has 9 nitrogen and oxygen atoms in total. The molecule has 166 valence electrons. The van der Waals surface area contributed by atoms with Gasteiger partial charge in [0.15, 0.2) is 0 Å². The number of aromatic nitrogens is 2. The Kier molecular flexibility index (Phi) is 5.81. The summed E-state index contributed by atoms with van der Waals surface area (Å²) in [6, 6.07) is 14.5. The van der Waals surface area contributed by atoms with Crippen LogP contribution in [-0.4, -0.2) is 34.9 Å². The van der Waals surface area contributed by atoms with E-state index in [1.54, 1.807) is 42.5 Å². The molecule has 0 spiro atoms. The van der Waals surface area contributed by atoms with Crippen LogP contribution in [-0.2, 0) is 19.1 Å². The van der Waals surface area contributed by atoms with E-state index in [0.29, 0.717) is 27.8 Å². The quantitative estimate of drug-likeness (QED) is 0.583. The third kappa shape index (κ3) is 3.58. The molecule has 1 unspecified atom stereocenters. The molecule has 1 aliphatic heterocycles. The molecule has 0 fully saturated rings. The van der Waals surface area contributed by atoms with Crippen molar-refractivity contribution in [3.63, 3.8) is 0 Å². The van der Waals surface area contributed by atoms with Crippen LogP contribution < -0.4 is 10.6 Å². The van der Waals surface area contributed by atoms with Gasteiger partial charge in [0.05, 0.1) is 54.8 Å². The Balaban J connectivity index is 2.10. The summed E-state index contributed by atoms with van der Waals surface area (Å²) in [5.74, 6) is -2.49. The lowest BCUT2D eigenvalue weighted by molar-refractivity contribution is -0.139. The Morgan fingerprint density at radius 1 is 1.09 bits per heavy atom. The molecule has 0 saturated carbocycles. The molecule has 33 heavy (non-hydrogen) atoms. The van der Waals surface area contributed by atoms with Crippen molar-refractivity contribution in [1.82, 2.24) is 8.75 Å². The van der Waals surface area contributed by atoms with Gasteiger partial charge in [-0.2, -0.15) is 14.0 Å². The fraction of sp³-hybridized carbons (Fsp3) is 0.174. The van der Waals surface area contributed by atoms with E-state index in [1.165, 1.54) is 19.1 Å². The highest BCUT2D eigenvalue weighted by Crippen LogP contribution is 2.44. The van der Waals surface area contributed by atoms with Crippen molar-refractivity contribution in [1.29, 1.82) is 5.26 Å². The zero-order valence-electron chi connectivity index (χ0n) is 18.0. The van der Waals surface area contributed by atoms with E-state index in [9.17, 15) is 14.9 Å². The number of anilines is 1. The smallest absolute Gasteiger partial charge is 0.355 e. The number of ether oxygens (including phenoxy) is 2. The number of carbonyl (C=O) groups is 2. The van der Waals surface area contributed by atoms with E-state index in [2.05, 4.69) is 14.8 Å². The number of rotatable bonds is 4. The van der Waals surface area contributed by atoms with Crippen LogP contribution in [0.25, 0.3) is 11.0 Å². The summed E-state index contributed by atoms with van der Waals surface area (Å²) >= 11 is 1.05. The van der Waals surface area contributed by atoms with Crippen LogP contribution in [0.3, 0.4) is 0 Å². The van der Waals surface area contributed by atoms with Gasteiger partial charge in [0.25, 0.3) is 0 Å². The van der Waals surface area contributed by atoms with Crippen molar-refractivity contribution in [3.8, 4) is 6.07 Å². The van der Waals surface area contributed by atoms with E-state index in [4.69, 9.17) is 15.2 Å². The highest BCUT2D eigenvalue weighted by atomic mass is 32.1. The van der Waals surface area contributed by atoms with Crippen LogP contribution in [0.4, 0.5) is 5.69 Å². The van der Waals surface area contributed by atoms with Crippen LogP contribution in [0.15, 0.2) is 65.1 Å². The van der Waals surface area contributed by atoms with Gasteiger partial charge in [0, 0.05) is 0 Å². The molecular formula is C23H19N5O4S. The van der Waals surface area contributed by atoms with Gasteiger partial charge >= 0.3 is 11.9 Å². The van der Waals surface area contributed by atoms with Crippen molar-refractivity contribution >= 4 is 40.4 Å². The molecule has 0 amide bonds. The van der Waals surface area contributed by atoms with Crippen molar-refractivity contribution in [2.45, 2.75) is 12.8 Å². The molecule has 4 rings (SSSR count). The third-order valence-electron chi connectivity index (χ3n) is 5.42. The summed E-state index contributed by atoms with van der Waals surface area (Å²) in [5.41, 5.74) is 9.50. The van der Waals surface area contributed by atoms with Crippen LogP contribution in [0, 0.1) is 18.3 Å². The Labute approximate surface area is 193 Å². The second-order valence-electron chi connectivity index (χ2n) is 7.23. The van der Waals surface area contributed by atoms with E-state index in [0.717, 1.165) is 11.7 Å². The van der Waals surface area contributed by atoms with Crippen LogP contribution in [0.5, 0.6) is 0 Å². The predicted octanol–water partition coefficient (Wildman–Crippen LogP) is 2.90. The number of hydrogen-bond acceptors (Lipinski definition) is 10. The van der Waals surface area contributed by atoms with Gasteiger partial charge in [-0.15, -0.1) is 0 Å². The average Bonchev–Trinajstić information content (AvgIpc) is 3.29. The maximum Gasteiger partial charge on any atom is 0.355 e. The molecular weight excluding hydrogens is 442 g/mol. The minimum absolute atomic E-state index is 0.00467. The first-order valence-electron chi connectivity index (χ1n) is 9.81. The van der Waals surface area contributed by atoms with Gasteiger partial charge in [-0.05, 0) is 30.2 Å². The lowest BCUT2D eigenvalue weighted by atomic mass is 9.80. The van der Waals surface area contributed by atoms with Gasteiger partial charge in [-0.1, -0.05) is 30.3 Å². The summed E-state index contributed by atoms with van der Waals surface area (Å²) in [6.07, 6.45) is 0. The zero-order chi connectivity index (χ0) is 23.7. The maximum absolute atomic E-state index is 13.1. The second kappa shape index (κ2) is 8.72. The number of hydrogen-bond donors (Lipinski definition) is 1. The van der Waals surface area contributed by atoms with Crippen molar-refractivity contribution < 1.29 is 19.1 Å². The number of nitriles is 1. The number of esters is 2. The van der Waals surface area contributed by atoms with Gasteiger partial charge < -0.3 is 15.2 Å². The number of aryl methyl sites for hydroxylation is 1. The Morgan fingerprint density at radius 2 is 1.73 bits per heavy atom. The van der Waals surface area contributed by atoms with E-state index < -0.39 is 17.9 Å². The number of fused-ring (bicyclic) bond motifs is 1. The molecule has 10 heteroatoms. The van der Waals surface area contributed by atoms with Crippen molar-refractivity contribution in [3.05, 3.63) is 76.3 Å². The zero-order valence-corrected chi connectivity index (χ0v) is 18.8. The van der Waals surface area contributed by atoms with Crippen molar-refractivity contribution in [2.24, 2.45) is 5.73 Å². The summed E-state index contributed by atoms with van der Waals surface area (Å²) in [5, 5.41) is 10.1. The summed E-state index contributed by atoms with van der Waals surface area (Å²) in [4.78, 5) is 27.5. The van der Waals surface area contributed by atoms with Crippen LogP contribution in [0.2, 0.25) is 0 Å². The second-order valence-corrected chi connectivity index (χ2v) is 7.76. The number of carbonyl (C=O) groups excluding carboxylic acids is 2.